The molecule has 1 aromatic carbocycles. The molecule has 0 saturated carbocycles. The van der Waals surface area contributed by atoms with E-state index in [-0.39, 0.29) is 6.04 Å². The summed E-state index contributed by atoms with van der Waals surface area (Å²) < 4.78 is 2.16. The fourth-order valence-corrected chi connectivity index (χ4v) is 2.14. The summed E-state index contributed by atoms with van der Waals surface area (Å²) in [5, 5.41) is 0. The largest absolute Gasteiger partial charge is 0.334 e. The number of imidazole rings is 1. The number of nitrogens with zero attached hydrogens (tertiary/aromatic N) is 2. The molecule has 4 heteroatoms. The highest BCUT2D eigenvalue weighted by Crippen LogP contribution is 2.16. The third kappa shape index (κ3) is 2.97. The highest BCUT2D eigenvalue weighted by molar-refractivity contribution is 5.17. The van der Waals surface area contributed by atoms with Crippen LogP contribution in [0.5, 0.6) is 0 Å². The molecule has 1 heterocycles. The standard InChI is InChI=1S/C14H20N4/c1-2-9-18-10-8-16-14(18)13(17-15)11-12-6-4-3-5-7-12/h3-8,10,13,17H,2,9,11,15H2,1H3. The van der Waals surface area contributed by atoms with Crippen molar-refractivity contribution in [1.82, 2.24) is 15.0 Å². The Morgan fingerprint density at radius 1 is 1.33 bits per heavy atom. The van der Waals surface area contributed by atoms with Gasteiger partial charge in [-0.05, 0) is 18.4 Å². The summed E-state index contributed by atoms with van der Waals surface area (Å²) in [6, 6.07) is 10.4. The Labute approximate surface area is 108 Å². The van der Waals surface area contributed by atoms with E-state index in [0.717, 1.165) is 25.2 Å². The van der Waals surface area contributed by atoms with Gasteiger partial charge >= 0.3 is 0 Å². The summed E-state index contributed by atoms with van der Waals surface area (Å²) in [4.78, 5) is 4.42. The third-order valence-electron chi connectivity index (χ3n) is 3.01. The molecule has 1 aromatic heterocycles. The monoisotopic (exact) mass is 244 g/mol. The normalized spacial score (nSPS) is 12.6. The van der Waals surface area contributed by atoms with Crippen molar-refractivity contribution < 1.29 is 0 Å². The van der Waals surface area contributed by atoms with Crippen molar-refractivity contribution in [2.75, 3.05) is 0 Å². The first kappa shape index (κ1) is 12.8. The van der Waals surface area contributed by atoms with Gasteiger partial charge in [0.25, 0.3) is 0 Å². The molecule has 2 aromatic rings. The first-order valence-corrected chi connectivity index (χ1v) is 6.36. The molecule has 0 aliphatic rings. The maximum Gasteiger partial charge on any atom is 0.127 e. The predicted octanol–water partition coefficient (Wildman–Crippen LogP) is 2.04. The minimum atomic E-state index is 0.0500. The van der Waals surface area contributed by atoms with Crippen LogP contribution in [0.15, 0.2) is 42.7 Å². The lowest BCUT2D eigenvalue weighted by atomic mass is 10.1. The van der Waals surface area contributed by atoms with Crippen LogP contribution in [0, 0.1) is 0 Å². The number of hydrazine groups is 1. The van der Waals surface area contributed by atoms with Crippen molar-refractivity contribution in [1.29, 1.82) is 0 Å². The molecular formula is C14H20N4. The van der Waals surface area contributed by atoms with Crippen molar-refractivity contribution in [2.24, 2.45) is 5.84 Å². The van der Waals surface area contributed by atoms with Gasteiger partial charge in [0.05, 0.1) is 6.04 Å². The van der Waals surface area contributed by atoms with E-state index >= 15 is 0 Å². The molecular weight excluding hydrogens is 224 g/mol. The van der Waals surface area contributed by atoms with Crippen LogP contribution in [0.2, 0.25) is 0 Å². The molecule has 0 saturated heterocycles. The number of nitrogens with two attached hydrogens (primary N) is 1. The van der Waals surface area contributed by atoms with Crippen LogP contribution < -0.4 is 11.3 Å². The Morgan fingerprint density at radius 2 is 2.11 bits per heavy atom. The molecule has 0 aliphatic heterocycles. The van der Waals surface area contributed by atoms with Crippen LogP contribution >= 0.6 is 0 Å². The van der Waals surface area contributed by atoms with Crippen LogP contribution in [-0.2, 0) is 13.0 Å². The first-order chi connectivity index (χ1) is 8.85. The molecule has 3 N–H and O–H groups in total. The molecule has 1 atom stereocenters. The second-order valence-corrected chi connectivity index (χ2v) is 4.39. The van der Waals surface area contributed by atoms with Gasteiger partial charge in [-0.3, -0.25) is 5.84 Å². The zero-order valence-electron chi connectivity index (χ0n) is 10.7. The van der Waals surface area contributed by atoms with Crippen LogP contribution in [0.25, 0.3) is 0 Å². The number of rotatable bonds is 6. The maximum absolute atomic E-state index is 5.67. The molecule has 0 spiro atoms. The van der Waals surface area contributed by atoms with Gasteiger partial charge in [-0.2, -0.15) is 0 Å². The van der Waals surface area contributed by atoms with Gasteiger partial charge in [-0.1, -0.05) is 37.3 Å². The molecule has 1 unspecified atom stereocenters. The van der Waals surface area contributed by atoms with E-state index < -0.39 is 0 Å². The number of hydrogen-bond donors (Lipinski definition) is 2. The molecule has 0 aliphatic carbocycles. The Kier molecular flexibility index (Phi) is 4.50. The number of aromatic nitrogens is 2. The fraction of sp³-hybridized carbons (Fsp3) is 0.357. The van der Waals surface area contributed by atoms with Gasteiger partial charge in [-0.15, -0.1) is 0 Å². The van der Waals surface area contributed by atoms with Crippen molar-refractivity contribution in [2.45, 2.75) is 32.4 Å². The van der Waals surface area contributed by atoms with Gasteiger partial charge in [-0.25, -0.2) is 10.4 Å². The van der Waals surface area contributed by atoms with E-state index in [1.807, 2.05) is 30.6 Å². The van der Waals surface area contributed by atoms with Crippen molar-refractivity contribution in [3.63, 3.8) is 0 Å². The van der Waals surface area contributed by atoms with Crippen molar-refractivity contribution in [3.8, 4) is 0 Å². The Morgan fingerprint density at radius 3 is 2.78 bits per heavy atom. The average molecular weight is 244 g/mol. The molecule has 96 valence electrons. The van der Waals surface area contributed by atoms with Crippen LogP contribution in [0.4, 0.5) is 0 Å². The zero-order valence-corrected chi connectivity index (χ0v) is 10.7. The maximum atomic E-state index is 5.67. The summed E-state index contributed by atoms with van der Waals surface area (Å²) in [5.74, 6) is 6.68. The molecule has 18 heavy (non-hydrogen) atoms. The highest BCUT2D eigenvalue weighted by atomic mass is 15.3. The Hall–Kier alpha value is -1.65. The lowest BCUT2D eigenvalue weighted by molar-refractivity contribution is 0.488. The lowest BCUT2D eigenvalue weighted by Gasteiger charge is -2.17. The van der Waals surface area contributed by atoms with E-state index in [2.05, 4.69) is 34.0 Å². The van der Waals surface area contributed by atoms with E-state index in [4.69, 9.17) is 5.84 Å². The van der Waals surface area contributed by atoms with Gasteiger partial charge in [0.1, 0.15) is 5.82 Å². The van der Waals surface area contributed by atoms with Gasteiger partial charge in [0.15, 0.2) is 0 Å². The van der Waals surface area contributed by atoms with Crippen LogP contribution in [0.3, 0.4) is 0 Å². The summed E-state index contributed by atoms with van der Waals surface area (Å²) in [6.07, 6.45) is 5.78. The first-order valence-electron chi connectivity index (χ1n) is 6.36. The third-order valence-corrected chi connectivity index (χ3v) is 3.01. The van der Waals surface area contributed by atoms with Crippen LogP contribution in [0.1, 0.15) is 30.8 Å². The molecule has 0 radical (unpaired) electrons. The quantitative estimate of drug-likeness (QED) is 0.604. The zero-order chi connectivity index (χ0) is 12.8. The predicted molar refractivity (Wildman–Crippen MR) is 72.7 cm³/mol. The smallest absolute Gasteiger partial charge is 0.127 e. The van der Waals surface area contributed by atoms with Gasteiger partial charge in [0.2, 0.25) is 0 Å². The fourth-order valence-electron chi connectivity index (χ4n) is 2.14. The van der Waals surface area contributed by atoms with Gasteiger partial charge < -0.3 is 4.57 Å². The Balaban J connectivity index is 2.15. The molecule has 0 amide bonds. The van der Waals surface area contributed by atoms with E-state index in [9.17, 15) is 0 Å². The lowest BCUT2D eigenvalue weighted by Crippen LogP contribution is -2.31. The van der Waals surface area contributed by atoms with E-state index in [1.54, 1.807) is 0 Å². The topological polar surface area (TPSA) is 55.9 Å². The second kappa shape index (κ2) is 6.33. The Bertz CT molecular complexity index is 464. The SMILES string of the molecule is CCCn1ccnc1C(Cc1ccccc1)NN. The number of benzene rings is 1. The highest BCUT2D eigenvalue weighted by Gasteiger charge is 2.15. The molecule has 0 bridgehead atoms. The summed E-state index contributed by atoms with van der Waals surface area (Å²) in [7, 11) is 0. The number of hydrogen-bond acceptors (Lipinski definition) is 3. The van der Waals surface area contributed by atoms with Gasteiger partial charge in [0, 0.05) is 18.9 Å². The van der Waals surface area contributed by atoms with Crippen LogP contribution in [-0.4, -0.2) is 9.55 Å². The molecule has 2 rings (SSSR count). The molecule has 0 fully saturated rings. The van der Waals surface area contributed by atoms with Crippen molar-refractivity contribution >= 4 is 0 Å². The average Bonchev–Trinajstić information content (AvgIpc) is 2.86. The van der Waals surface area contributed by atoms with Crippen molar-refractivity contribution in [3.05, 3.63) is 54.1 Å². The number of nitrogens with one attached hydrogen (secondary N) is 1. The minimum absolute atomic E-state index is 0.0500. The summed E-state index contributed by atoms with van der Waals surface area (Å²) >= 11 is 0. The number of aryl methyl sites for hydroxylation is 1. The summed E-state index contributed by atoms with van der Waals surface area (Å²) in [5.41, 5.74) is 4.12. The second-order valence-electron chi connectivity index (χ2n) is 4.39. The van der Waals surface area contributed by atoms with E-state index in [0.29, 0.717) is 0 Å². The minimum Gasteiger partial charge on any atom is -0.334 e. The molecule has 4 nitrogen and oxygen atoms in total. The van der Waals surface area contributed by atoms with E-state index in [1.165, 1.54) is 5.56 Å². The summed E-state index contributed by atoms with van der Waals surface area (Å²) in [6.45, 7) is 3.13.